The van der Waals surface area contributed by atoms with Crippen molar-refractivity contribution in [2.24, 2.45) is 0 Å². The molecule has 4 rings (SSSR count). The highest BCUT2D eigenvalue weighted by atomic mass is 35.5. The van der Waals surface area contributed by atoms with Crippen LogP contribution in [0.15, 0.2) is 24.3 Å². The summed E-state index contributed by atoms with van der Waals surface area (Å²) in [5.41, 5.74) is 0.690. The van der Waals surface area contributed by atoms with Gasteiger partial charge in [-0.1, -0.05) is 0 Å². The molecule has 2 fully saturated rings. The second-order valence-electron chi connectivity index (χ2n) is 6.85. The van der Waals surface area contributed by atoms with E-state index in [2.05, 4.69) is 20.3 Å². The van der Waals surface area contributed by atoms with Crippen LogP contribution in [0.2, 0.25) is 0 Å². The number of halogens is 2. The Morgan fingerprint density at radius 1 is 1.19 bits per heavy atom. The fraction of sp³-hybridized carbons (Fsp3) is 0.500. The van der Waals surface area contributed by atoms with Gasteiger partial charge in [-0.25, -0.2) is 14.1 Å². The van der Waals surface area contributed by atoms with Crippen molar-refractivity contribution >= 4 is 18.3 Å². The van der Waals surface area contributed by atoms with Gasteiger partial charge in [-0.2, -0.15) is 0 Å². The van der Waals surface area contributed by atoms with Gasteiger partial charge in [-0.3, -0.25) is 9.69 Å². The maximum Gasteiger partial charge on any atom is 0.293 e. The zero-order valence-electron chi connectivity index (χ0n) is 15.3. The van der Waals surface area contributed by atoms with E-state index in [-0.39, 0.29) is 30.0 Å². The molecule has 9 heteroatoms. The maximum atomic E-state index is 13.1. The molecule has 2 aromatic rings. The van der Waals surface area contributed by atoms with Crippen molar-refractivity contribution in [3.8, 4) is 5.69 Å². The third-order valence-corrected chi connectivity index (χ3v) is 5.15. The van der Waals surface area contributed by atoms with E-state index in [1.54, 1.807) is 23.7 Å². The van der Waals surface area contributed by atoms with Gasteiger partial charge in [0.25, 0.3) is 5.91 Å². The lowest BCUT2D eigenvalue weighted by Crippen LogP contribution is -2.49. The number of carbonyl (C=O) groups is 1. The molecule has 0 saturated carbocycles. The topological polar surface area (TPSA) is 66.3 Å². The maximum absolute atomic E-state index is 13.1. The molecule has 0 bridgehead atoms. The van der Waals surface area contributed by atoms with Gasteiger partial charge in [-0.15, -0.1) is 17.5 Å². The Balaban J connectivity index is 0.00000210. The average Bonchev–Trinajstić information content (AvgIpc) is 3.30. The SMILES string of the molecule is Cc1nc(C(=O)N2CCC(N3CCNCC3)C2)nn1-c1ccc(F)cc1.Cl. The Bertz CT molecular complexity index is 790. The van der Waals surface area contributed by atoms with Crippen LogP contribution in [0.4, 0.5) is 4.39 Å². The van der Waals surface area contributed by atoms with Crippen molar-refractivity contribution < 1.29 is 9.18 Å². The molecule has 1 amide bonds. The highest BCUT2D eigenvalue weighted by Gasteiger charge is 2.33. The summed E-state index contributed by atoms with van der Waals surface area (Å²) in [6, 6.07) is 6.41. The van der Waals surface area contributed by atoms with Crippen molar-refractivity contribution in [3.05, 3.63) is 41.7 Å². The molecule has 0 spiro atoms. The number of aryl methyl sites for hydroxylation is 1. The fourth-order valence-corrected chi connectivity index (χ4v) is 3.72. The number of piperazine rings is 1. The summed E-state index contributed by atoms with van der Waals surface area (Å²) < 4.78 is 14.7. The highest BCUT2D eigenvalue weighted by Crippen LogP contribution is 2.18. The van der Waals surface area contributed by atoms with E-state index in [0.29, 0.717) is 17.6 Å². The van der Waals surface area contributed by atoms with E-state index >= 15 is 0 Å². The number of carbonyl (C=O) groups excluding carboxylic acids is 1. The van der Waals surface area contributed by atoms with Gasteiger partial charge in [0.2, 0.25) is 5.82 Å². The normalized spacial score (nSPS) is 20.5. The Labute approximate surface area is 164 Å². The predicted octanol–water partition coefficient (Wildman–Crippen LogP) is 1.26. The quantitative estimate of drug-likeness (QED) is 0.848. The van der Waals surface area contributed by atoms with Gasteiger partial charge in [0, 0.05) is 45.3 Å². The number of likely N-dealkylation sites (tertiary alicyclic amines) is 1. The third kappa shape index (κ3) is 4.12. The number of aromatic nitrogens is 3. The Hall–Kier alpha value is -2.03. The van der Waals surface area contributed by atoms with Crippen LogP contribution < -0.4 is 5.32 Å². The van der Waals surface area contributed by atoms with E-state index in [1.165, 1.54) is 12.1 Å². The molecule has 2 aliphatic heterocycles. The van der Waals surface area contributed by atoms with E-state index in [4.69, 9.17) is 0 Å². The highest BCUT2D eigenvalue weighted by molar-refractivity contribution is 5.90. The molecule has 1 unspecified atom stereocenters. The van der Waals surface area contributed by atoms with Crippen LogP contribution in [0.1, 0.15) is 22.9 Å². The lowest BCUT2D eigenvalue weighted by molar-refractivity contribution is 0.0761. The Morgan fingerprint density at radius 3 is 2.59 bits per heavy atom. The molecule has 2 saturated heterocycles. The van der Waals surface area contributed by atoms with Crippen LogP contribution in [0.3, 0.4) is 0 Å². The summed E-state index contributed by atoms with van der Waals surface area (Å²) in [5.74, 6) is 0.371. The summed E-state index contributed by atoms with van der Waals surface area (Å²) in [7, 11) is 0. The second-order valence-corrected chi connectivity index (χ2v) is 6.85. The lowest BCUT2D eigenvalue weighted by Gasteiger charge is -2.32. The zero-order valence-corrected chi connectivity index (χ0v) is 16.1. The van der Waals surface area contributed by atoms with E-state index in [1.807, 2.05) is 4.90 Å². The average molecular weight is 395 g/mol. The van der Waals surface area contributed by atoms with Crippen LogP contribution in [0, 0.1) is 12.7 Å². The van der Waals surface area contributed by atoms with Gasteiger partial charge in [0.1, 0.15) is 11.6 Å². The standard InChI is InChI=1S/C18H23FN6O.ClH/c1-13-21-17(22-25(13)15-4-2-14(19)3-5-15)18(26)24-9-6-16(12-24)23-10-7-20-8-11-23;/h2-5,16,20H,6-12H2,1H3;1H. The van der Waals surface area contributed by atoms with E-state index in [9.17, 15) is 9.18 Å². The molecule has 2 aliphatic rings. The monoisotopic (exact) mass is 394 g/mol. The van der Waals surface area contributed by atoms with Crippen molar-refractivity contribution in [3.63, 3.8) is 0 Å². The number of hydrogen-bond donors (Lipinski definition) is 1. The number of rotatable bonds is 3. The number of nitrogens with one attached hydrogen (secondary N) is 1. The first-order chi connectivity index (χ1) is 12.6. The molecule has 1 N–H and O–H groups in total. The lowest BCUT2D eigenvalue weighted by atomic mass is 10.2. The molecule has 0 aliphatic carbocycles. The molecule has 7 nitrogen and oxygen atoms in total. The first-order valence-corrected chi connectivity index (χ1v) is 9.05. The zero-order chi connectivity index (χ0) is 18.1. The molecule has 1 aromatic heterocycles. The summed E-state index contributed by atoms with van der Waals surface area (Å²) >= 11 is 0. The number of nitrogens with zero attached hydrogens (tertiary/aromatic N) is 5. The van der Waals surface area contributed by atoms with Gasteiger partial charge in [0.15, 0.2) is 0 Å². The minimum absolute atomic E-state index is 0. The minimum Gasteiger partial charge on any atom is -0.334 e. The fourth-order valence-electron chi connectivity index (χ4n) is 3.72. The van der Waals surface area contributed by atoms with Crippen molar-refractivity contribution in [2.45, 2.75) is 19.4 Å². The molecule has 27 heavy (non-hydrogen) atoms. The molecular weight excluding hydrogens is 371 g/mol. The van der Waals surface area contributed by atoms with Crippen LogP contribution in [-0.4, -0.2) is 75.8 Å². The van der Waals surface area contributed by atoms with E-state index in [0.717, 1.165) is 45.7 Å². The van der Waals surface area contributed by atoms with Crippen molar-refractivity contribution in [1.29, 1.82) is 0 Å². The molecule has 146 valence electrons. The summed E-state index contributed by atoms with van der Waals surface area (Å²) in [4.78, 5) is 21.5. The van der Waals surface area contributed by atoms with Crippen LogP contribution in [-0.2, 0) is 0 Å². The molecule has 1 atom stereocenters. The molecule has 1 aromatic carbocycles. The Morgan fingerprint density at radius 2 is 1.89 bits per heavy atom. The van der Waals surface area contributed by atoms with Crippen molar-refractivity contribution in [2.75, 3.05) is 39.3 Å². The summed E-state index contributed by atoms with van der Waals surface area (Å²) in [6.45, 7) is 7.33. The van der Waals surface area contributed by atoms with Gasteiger partial charge in [-0.05, 0) is 37.6 Å². The van der Waals surface area contributed by atoms with Crippen LogP contribution >= 0.6 is 12.4 Å². The van der Waals surface area contributed by atoms with Crippen molar-refractivity contribution in [1.82, 2.24) is 29.9 Å². The second kappa shape index (κ2) is 8.33. The number of hydrogen-bond acceptors (Lipinski definition) is 5. The number of amides is 1. The third-order valence-electron chi connectivity index (χ3n) is 5.15. The summed E-state index contributed by atoms with van der Waals surface area (Å²) in [5, 5.41) is 7.72. The first-order valence-electron chi connectivity index (χ1n) is 9.05. The summed E-state index contributed by atoms with van der Waals surface area (Å²) in [6.07, 6.45) is 0.989. The Kier molecular flexibility index (Phi) is 6.08. The van der Waals surface area contributed by atoms with Gasteiger partial charge in [0.05, 0.1) is 5.69 Å². The van der Waals surface area contributed by atoms with E-state index < -0.39 is 0 Å². The molecule has 3 heterocycles. The van der Waals surface area contributed by atoms with Gasteiger partial charge < -0.3 is 10.2 Å². The van der Waals surface area contributed by atoms with Gasteiger partial charge >= 0.3 is 0 Å². The van der Waals surface area contributed by atoms with Crippen LogP contribution in [0.5, 0.6) is 0 Å². The largest absolute Gasteiger partial charge is 0.334 e. The minimum atomic E-state index is -0.307. The number of benzene rings is 1. The first kappa shape index (κ1) is 19.7. The smallest absolute Gasteiger partial charge is 0.293 e. The molecule has 0 radical (unpaired) electrons. The molecular formula is C18H24ClFN6O. The van der Waals surface area contributed by atoms with Crippen LogP contribution in [0.25, 0.3) is 5.69 Å². The predicted molar refractivity (Wildman–Crippen MR) is 102 cm³/mol.